The summed E-state index contributed by atoms with van der Waals surface area (Å²) in [5.74, 6) is 0.913. The van der Waals surface area contributed by atoms with Crippen molar-refractivity contribution in [3.05, 3.63) is 29.3 Å². The third-order valence-corrected chi connectivity index (χ3v) is 6.07. The molecule has 1 atom stereocenters. The van der Waals surface area contributed by atoms with Crippen LogP contribution in [0.15, 0.2) is 18.2 Å². The highest BCUT2D eigenvalue weighted by atomic mass is 32.2. The van der Waals surface area contributed by atoms with Crippen molar-refractivity contribution in [1.29, 1.82) is 0 Å². The molecule has 1 aromatic rings. The topological polar surface area (TPSA) is 46.6 Å². The van der Waals surface area contributed by atoms with Crippen LogP contribution >= 0.6 is 0 Å². The van der Waals surface area contributed by atoms with Crippen molar-refractivity contribution >= 4 is 9.84 Å². The number of nitrogens with zero attached hydrogens (tertiary/aromatic N) is 1. The number of ether oxygens (including phenoxy) is 1. The molecule has 0 aliphatic carbocycles. The number of likely N-dealkylation sites (tertiary alicyclic amines) is 1. The van der Waals surface area contributed by atoms with Gasteiger partial charge in [-0.1, -0.05) is 12.1 Å². The molecule has 1 aromatic carbocycles. The van der Waals surface area contributed by atoms with Crippen LogP contribution in [0.25, 0.3) is 0 Å². The number of benzene rings is 1. The van der Waals surface area contributed by atoms with E-state index in [1.165, 1.54) is 17.4 Å². The van der Waals surface area contributed by atoms with Gasteiger partial charge in [-0.15, -0.1) is 0 Å². The first-order valence-electron chi connectivity index (χ1n) is 7.45. The summed E-state index contributed by atoms with van der Waals surface area (Å²) < 4.78 is 28.8. The Kier molecular flexibility index (Phi) is 5.27. The van der Waals surface area contributed by atoms with Crippen LogP contribution in [0, 0.1) is 6.92 Å². The predicted octanol–water partition coefficient (Wildman–Crippen LogP) is 2.40. The van der Waals surface area contributed by atoms with Crippen molar-refractivity contribution in [2.45, 2.75) is 38.0 Å². The molecule has 1 heterocycles. The van der Waals surface area contributed by atoms with E-state index in [1.807, 2.05) is 12.1 Å². The zero-order valence-electron chi connectivity index (χ0n) is 13.1. The molecular formula is C16H25NO3S. The van der Waals surface area contributed by atoms with E-state index in [0.717, 1.165) is 44.6 Å². The molecule has 1 unspecified atom stereocenters. The van der Waals surface area contributed by atoms with Crippen molar-refractivity contribution in [1.82, 2.24) is 4.90 Å². The fraction of sp³-hybridized carbons (Fsp3) is 0.625. The van der Waals surface area contributed by atoms with Gasteiger partial charge < -0.3 is 4.74 Å². The summed E-state index contributed by atoms with van der Waals surface area (Å²) in [6.45, 7) is 4.74. The first-order chi connectivity index (χ1) is 9.91. The largest absolute Gasteiger partial charge is 0.496 e. The van der Waals surface area contributed by atoms with E-state index in [1.54, 1.807) is 7.11 Å². The Morgan fingerprint density at radius 2 is 2.05 bits per heavy atom. The number of hydrogen-bond acceptors (Lipinski definition) is 4. The minimum Gasteiger partial charge on any atom is -0.496 e. The van der Waals surface area contributed by atoms with Gasteiger partial charge in [0.2, 0.25) is 0 Å². The molecule has 0 aromatic heterocycles. The highest BCUT2D eigenvalue weighted by Crippen LogP contribution is 2.24. The second-order valence-corrected chi connectivity index (χ2v) is 8.23. The van der Waals surface area contributed by atoms with Crippen LogP contribution in [-0.2, 0) is 16.4 Å². The van der Waals surface area contributed by atoms with Crippen LogP contribution in [0.1, 0.15) is 30.4 Å². The third kappa shape index (κ3) is 4.20. The van der Waals surface area contributed by atoms with Gasteiger partial charge >= 0.3 is 0 Å². The van der Waals surface area contributed by atoms with Crippen molar-refractivity contribution < 1.29 is 13.2 Å². The van der Waals surface area contributed by atoms with Crippen LogP contribution in [0.3, 0.4) is 0 Å². The number of rotatable bonds is 4. The molecule has 0 saturated carbocycles. The van der Waals surface area contributed by atoms with E-state index in [-0.39, 0.29) is 5.25 Å². The molecule has 0 amide bonds. The van der Waals surface area contributed by atoms with Gasteiger partial charge in [-0.3, -0.25) is 4.90 Å². The SMILES string of the molecule is COc1cccc(CN2CCCC(S(C)(=O)=O)CC2)c1C. The Labute approximate surface area is 128 Å². The standard InChI is InChI=1S/C16H25NO3S/c1-13-14(6-4-8-16(13)20-2)12-17-10-5-7-15(9-11-17)21(3,18)19/h4,6,8,15H,5,7,9-12H2,1-3H3. The van der Waals surface area contributed by atoms with E-state index in [9.17, 15) is 8.42 Å². The molecule has 5 heteroatoms. The van der Waals surface area contributed by atoms with Crippen LogP contribution in [0.4, 0.5) is 0 Å². The third-order valence-electron chi connectivity index (χ3n) is 4.38. The molecule has 1 aliphatic heterocycles. The molecule has 0 bridgehead atoms. The van der Waals surface area contributed by atoms with E-state index < -0.39 is 9.84 Å². The molecule has 4 nitrogen and oxygen atoms in total. The summed E-state index contributed by atoms with van der Waals surface area (Å²) in [4.78, 5) is 2.35. The first-order valence-corrected chi connectivity index (χ1v) is 9.41. The van der Waals surface area contributed by atoms with Crippen molar-refractivity contribution in [3.63, 3.8) is 0 Å². The molecule has 0 N–H and O–H groups in total. The minimum atomic E-state index is -2.91. The molecule has 1 saturated heterocycles. The Morgan fingerprint density at radius 3 is 2.71 bits per heavy atom. The molecule has 2 rings (SSSR count). The van der Waals surface area contributed by atoms with Gasteiger partial charge in [-0.2, -0.15) is 0 Å². The van der Waals surface area contributed by atoms with Crippen molar-refractivity contribution in [3.8, 4) is 5.75 Å². The maximum Gasteiger partial charge on any atom is 0.150 e. The first kappa shape index (κ1) is 16.3. The lowest BCUT2D eigenvalue weighted by Gasteiger charge is -2.21. The number of methoxy groups -OCH3 is 1. The maximum atomic E-state index is 11.7. The van der Waals surface area contributed by atoms with Crippen molar-refractivity contribution in [2.75, 3.05) is 26.5 Å². The molecule has 0 radical (unpaired) electrons. The van der Waals surface area contributed by atoms with Gasteiger partial charge in [0.05, 0.1) is 12.4 Å². The van der Waals surface area contributed by atoms with Gasteiger partial charge in [-0.25, -0.2) is 8.42 Å². The zero-order valence-corrected chi connectivity index (χ0v) is 13.9. The Balaban J connectivity index is 2.04. The summed E-state index contributed by atoms with van der Waals surface area (Å²) in [6.07, 6.45) is 3.83. The van der Waals surface area contributed by atoms with Gasteiger partial charge in [0.25, 0.3) is 0 Å². The molecule has 1 fully saturated rings. The zero-order chi connectivity index (χ0) is 15.5. The Morgan fingerprint density at radius 1 is 1.29 bits per heavy atom. The molecule has 118 valence electrons. The van der Waals surface area contributed by atoms with Crippen molar-refractivity contribution in [2.24, 2.45) is 0 Å². The van der Waals surface area contributed by atoms with E-state index in [2.05, 4.69) is 17.9 Å². The van der Waals surface area contributed by atoms with Gasteiger partial charge in [0.15, 0.2) is 0 Å². The van der Waals surface area contributed by atoms with Crippen LogP contribution < -0.4 is 4.74 Å². The van der Waals surface area contributed by atoms with E-state index in [4.69, 9.17) is 4.74 Å². The normalized spacial score (nSPS) is 21.0. The lowest BCUT2D eigenvalue weighted by Crippen LogP contribution is -2.26. The summed E-state index contributed by atoms with van der Waals surface area (Å²) in [5.41, 5.74) is 2.43. The van der Waals surface area contributed by atoms with Crippen LogP contribution in [-0.4, -0.2) is 45.0 Å². The van der Waals surface area contributed by atoms with Gasteiger partial charge in [0, 0.05) is 12.8 Å². The van der Waals surface area contributed by atoms with Gasteiger partial charge in [-0.05, 0) is 56.5 Å². The summed E-state index contributed by atoms with van der Waals surface area (Å²) in [7, 11) is -1.22. The molecule has 21 heavy (non-hydrogen) atoms. The second kappa shape index (κ2) is 6.79. The minimum absolute atomic E-state index is 0.172. The highest BCUT2D eigenvalue weighted by molar-refractivity contribution is 7.91. The molecular weight excluding hydrogens is 286 g/mol. The maximum absolute atomic E-state index is 11.7. The smallest absolute Gasteiger partial charge is 0.150 e. The number of sulfone groups is 1. The summed E-state index contributed by atoms with van der Waals surface area (Å²) in [5, 5.41) is -0.172. The fourth-order valence-corrected chi connectivity index (χ4v) is 4.13. The highest BCUT2D eigenvalue weighted by Gasteiger charge is 2.24. The number of hydrogen-bond donors (Lipinski definition) is 0. The molecule has 0 spiro atoms. The lowest BCUT2D eigenvalue weighted by molar-refractivity contribution is 0.276. The average molecular weight is 311 g/mol. The summed E-state index contributed by atoms with van der Waals surface area (Å²) >= 11 is 0. The predicted molar refractivity (Wildman–Crippen MR) is 85.5 cm³/mol. The molecule has 1 aliphatic rings. The second-order valence-electron chi connectivity index (χ2n) is 5.90. The quantitative estimate of drug-likeness (QED) is 0.856. The van der Waals surface area contributed by atoms with Gasteiger partial charge in [0.1, 0.15) is 15.6 Å². The van der Waals surface area contributed by atoms with Crippen LogP contribution in [0.5, 0.6) is 5.75 Å². The fourth-order valence-electron chi connectivity index (χ4n) is 3.00. The Bertz CT molecular complexity index is 583. The lowest BCUT2D eigenvalue weighted by atomic mass is 10.1. The van der Waals surface area contributed by atoms with E-state index >= 15 is 0 Å². The Hall–Kier alpha value is -1.07. The average Bonchev–Trinajstić information content (AvgIpc) is 2.66. The van der Waals surface area contributed by atoms with Crippen LogP contribution in [0.2, 0.25) is 0 Å². The van der Waals surface area contributed by atoms with E-state index in [0.29, 0.717) is 0 Å². The summed E-state index contributed by atoms with van der Waals surface area (Å²) in [6, 6.07) is 6.11. The monoisotopic (exact) mass is 311 g/mol.